The molecule has 8 heteroatoms. The number of aromatic nitrogens is 1. The highest BCUT2D eigenvalue weighted by molar-refractivity contribution is 6.18. The topological polar surface area (TPSA) is 69.0 Å². The zero-order chi connectivity index (χ0) is 25.1. The van der Waals surface area contributed by atoms with Gasteiger partial charge in [0.05, 0.1) is 5.70 Å². The fourth-order valence-electron chi connectivity index (χ4n) is 4.15. The van der Waals surface area contributed by atoms with Crippen LogP contribution in [0.25, 0.3) is 11.3 Å². The molecule has 1 aromatic heterocycles. The second-order valence-corrected chi connectivity index (χ2v) is 8.37. The molecule has 0 bridgehead atoms. The number of amides is 1. The van der Waals surface area contributed by atoms with Crippen molar-refractivity contribution in [3.05, 3.63) is 101 Å². The van der Waals surface area contributed by atoms with E-state index in [1.165, 1.54) is 18.2 Å². The average Bonchev–Trinajstić information content (AvgIpc) is 2.86. The molecule has 0 radical (unpaired) electrons. The Labute approximate surface area is 202 Å². The van der Waals surface area contributed by atoms with Crippen LogP contribution in [0.5, 0.6) is 0 Å². The number of halogens is 2. The first-order valence-corrected chi connectivity index (χ1v) is 11.2. The number of allylic oxidation sites excluding steroid dienone is 5. The smallest absolute Gasteiger partial charge is 0.219 e. The van der Waals surface area contributed by atoms with Crippen LogP contribution in [0.2, 0.25) is 0 Å². The van der Waals surface area contributed by atoms with Crippen LogP contribution in [0.15, 0.2) is 83.5 Å². The number of aliphatic hydroxyl groups is 1. The zero-order valence-electron chi connectivity index (χ0n) is 19.6. The Morgan fingerprint density at radius 3 is 2.43 bits per heavy atom. The number of carbonyl (C=O) groups is 1. The Morgan fingerprint density at radius 2 is 1.77 bits per heavy atom. The van der Waals surface area contributed by atoms with Gasteiger partial charge in [-0.15, -0.1) is 0 Å². The maximum atomic E-state index is 14.6. The maximum Gasteiger partial charge on any atom is 0.219 e. The zero-order valence-corrected chi connectivity index (χ0v) is 19.6. The molecule has 1 amide bonds. The second-order valence-electron chi connectivity index (χ2n) is 8.37. The Morgan fingerprint density at radius 1 is 1.06 bits per heavy atom. The Hall–Kier alpha value is -4.07. The predicted octanol–water partition coefficient (Wildman–Crippen LogP) is 4.75. The first kappa shape index (κ1) is 24.1. The van der Waals surface area contributed by atoms with Crippen LogP contribution < -0.4 is 0 Å². The molecule has 2 aliphatic rings. The van der Waals surface area contributed by atoms with Crippen molar-refractivity contribution in [1.29, 1.82) is 0 Å². The summed E-state index contributed by atoms with van der Waals surface area (Å²) in [6.07, 6.45) is 6.33. The normalized spacial score (nSPS) is 18.8. The van der Waals surface area contributed by atoms with Gasteiger partial charge in [-0.05, 0) is 42.8 Å². The predicted molar refractivity (Wildman–Crippen MR) is 132 cm³/mol. The molecule has 1 aliphatic carbocycles. The number of hydrogen-bond donors (Lipinski definition) is 1. The van der Waals surface area contributed by atoms with Crippen LogP contribution in [-0.4, -0.2) is 57.7 Å². The monoisotopic (exact) mass is 476 g/mol. The Balaban J connectivity index is 1.80. The van der Waals surface area contributed by atoms with Gasteiger partial charge in [0.2, 0.25) is 5.91 Å². The summed E-state index contributed by atoms with van der Waals surface area (Å²) < 4.78 is 28.5. The third kappa shape index (κ3) is 5.06. The quantitative estimate of drug-likeness (QED) is 0.692. The lowest BCUT2D eigenvalue weighted by Crippen LogP contribution is -2.47. The lowest BCUT2D eigenvalue weighted by Gasteiger charge is -2.37. The SMILES string of the molecule is C=C(/N=C1/C(O)=CC(c2cccc(F)c2F)=C/C1=C(/C)N1CCN(C(C)=O)CC1)c1cccnc1. The third-order valence-corrected chi connectivity index (χ3v) is 6.18. The number of benzene rings is 1. The van der Waals surface area contributed by atoms with E-state index in [0.717, 1.165) is 11.8 Å². The van der Waals surface area contributed by atoms with Crippen LogP contribution >= 0.6 is 0 Å². The summed E-state index contributed by atoms with van der Waals surface area (Å²) in [5.41, 5.74) is 3.06. The van der Waals surface area contributed by atoms with Crippen LogP contribution in [0, 0.1) is 11.6 Å². The van der Waals surface area contributed by atoms with Crippen LogP contribution in [-0.2, 0) is 4.79 Å². The maximum absolute atomic E-state index is 14.6. The molecule has 1 saturated heterocycles. The van der Waals surface area contributed by atoms with Gasteiger partial charge in [-0.25, -0.2) is 13.8 Å². The molecule has 1 N–H and O–H groups in total. The standard InChI is InChI=1S/C27H26F2N4O2/c1-17(20-6-5-9-30-16-20)31-27-23(18(2)32-10-12-33(13-11-32)19(3)34)14-21(15-25(27)35)22-7-4-8-24(28)26(22)29/h4-9,14-16,35H,1,10-13H2,2-3H3/b23-18+,31-27+. The van der Waals surface area contributed by atoms with Crippen molar-refractivity contribution in [1.82, 2.24) is 14.8 Å². The molecule has 2 heterocycles. The van der Waals surface area contributed by atoms with Crippen LogP contribution in [0.4, 0.5) is 8.78 Å². The van der Waals surface area contributed by atoms with Crippen molar-refractivity contribution >= 4 is 22.9 Å². The highest BCUT2D eigenvalue weighted by atomic mass is 19.2. The molecule has 35 heavy (non-hydrogen) atoms. The molecule has 4 rings (SSSR count). The van der Waals surface area contributed by atoms with E-state index in [-0.39, 0.29) is 22.9 Å². The van der Waals surface area contributed by atoms with Crippen molar-refractivity contribution in [2.75, 3.05) is 26.2 Å². The molecular weight excluding hydrogens is 450 g/mol. The summed E-state index contributed by atoms with van der Waals surface area (Å²) in [5, 5.41) is 11.0. The largest absolute Gasteiger partial charge is 0.506 e. The fourth-order valence-corrected chi connectivity index (χ4v) is 4.15. The molecule has 1 fully saturated rings. The Kier molecular flexibility index (Phi) is 6.91. The van der Waals surface area contributed by atoms with Crippen molar-refractivity contribution in [2.24, 2.45) is 4.99 Å². The molecule has 6 nitrogen and oxygen atoms in total. The van der Waals surface area contributed by atoms with Gasteiger partial charge in [-0.2, -0.15) is 0 Å². The first-order valence-electron chi connectivity index (χ1n) is 11.2. The van der Waals surface area contributed by atoms with Gasteiger partial charge in [0.1, 0.15) is 11.5 Å². The highest BCUT2D eigenvalue weighted by Crippen LogP contribution is 2.32. The second kappa shape index (κ2) is 10.0. The number of nitrogens with zero attached hydrogens (tertiary/aromatic N) is 4. The van der Waals surface area contributed by atoms with E-state index in [1.54, 1.807) is 36.4 Å². The molecule has 0 saturated carbocycles. The third-order valence-electron chi connectivity index (χ3n) is 6.18. The van der Waals surface area contributed by atoms with E-state index in [0.29, 0.717) is 48.6 Å². The van der Waals surface area contributed by atoms with E-state index in [2.05, 4.69) is 21.5 Å². The fraction of sp³-hybridized carbons (Fsp3) is 0.222. The average molecular weight is 477 g/mol. The van der Waals surface area contributed by atoms with E-state index in [1.807, 2.05) is 13.0 Å². The summed E-state index contributed by atoms with van der Waals surface area (Å²) in [5.74, 6) is -2.13. The number of piperazine rings is 1. The number of aliphatic hydroxyl groups excluding tert-OH is 1. The highest BCUT2D eigenvalue weighted by Gasteiger charge is 2.26. The van der Waals surface area contributed by atoms with Gasteiger partial charge in [0, 0.05) is 67.9 Å². The van der Waals surface area contributed by atoms with Gasteiger partial charge in [-0.3, -0.25) is 9.78 Å². The number of pyridine rings is 1. The minimum absolute atomic E-state index is 0.0204. The van der Waals surface area contributed by atoms with Crippen LogP contribution in [0.1, 0.15) is 25.0 Å². The summed E-state index contributed by atoms with van der Waals surface area (Å²) in [7, 11) is 0. The van der Waals surface area contributed by atoms with E-state index in [9.17, 15) is 18.7 Å². The summed E-state index contributed by atoms with van der Waals surface area (Å²) in [6, 6.07) is 7.50. The molecule has 2 aromatic rings. The van der Waals surface area contributed by atoms with Gasteiger partial charge in [-0.1, -0.05) is 18.7 Å². The molecular formula is C27H26F2N4O2. The van der Waals surface area contributed by atoms with E-state index < -0.39 is 11.6 Å². The summed E-state index contributed by atoms with van der Waals surface area (Å²) in [6.45, 7) is 9.75. The lowest BCUT2D eigenvalue weighted by atomic mass is 9.91. The number of aliphatic imine (C=N–C) groups is 1. The molecule has 0 spiro atoms. The van der Waals surface area contributed by atoms with Gasteiger partial charge in [0.15, 0.2) is 11.6 Å². The molecule has 0 unspecified atom stereocenters. The molecule has 0 atom stereocenters. The van der Waals surface area contributed by atoms with Crippen molar-refractivity contribution in [3.63, 3.8) is 0 Å². The minimum atomic E-state index is -0.991. The van der Waals surface area contributed by atoms with E-state index >= 15 is 0 Å². The van der Waals surface area contributed by atoms with E-state index in [4.69, 9.17) is 0 Å². The number of carbonyl (C=O) groups excluding carboxylic acids is 1. The summed E-state index contributed by atoms with van der Waals surface area (Å²) in [4.78, 5) is 24.3. The minimum Gasteiger partial charge on any atom is -0.506 e. The van der Waals surface area contributed by atoms with Crippen LogP contribution in [0.3, 0.4) is 0 Å². The summed E-state index contributed by atoms with van der Waals surface area (Å²) >= 11 is 0. The Bertz CT molecular complexity index is 1290. The number of rotatable bonds is 4. The lowest BCUT2D eigenvalue weighted by molar-refractivity contribution is -0.130. The van der Waals surface area contributed by atoms with Gasteiger partial charge in [0.25, 0.3) is 0 Å². The number of hydrogen-bond acceptors (Lipinski definition) is 5. The first-order chi connectivity index (χ1) is 16.8. The molecule has 1 aromatic carbocycles. The van der Waals surface area contributed by atoms with Gasteiger partial charge < -0.3 is 14.9 Å². The van der Waals surface area contributed by atoms with Crippen molar-refractivity contribution in [3.8, 4) is 0 Å². The van der Waals surface area contributed by atoms with Crippen molar-refractivity contribution in [2.45, 2.75) is 13.8 Å². The van der Waals surface area contributed by atoms with Crippen molar-refractivity contribution < 1.29 is 18.7 Å². The van der Waals surface area contributed by atoms with Gasteiger partial charge >= 0.3 is 0 Å². The molecule has 1 aliphatic heterocycles. The molecule has 180 valence electrons.